The molecule has 9 aromatic rings. The first-order valence-electron chi connectivity index (χ1n) is 22.1. The van der Waals surface area contributed by atoms with Crippen LogP contribution in [0.5, 0.6) is 28.7 Å². The second-order valence-electron chi connectivity index (χ2n) is 16.4. The Kier molecular flexibility index (Phi) is 15.9. The summed E-state index contributed by atoms with van der Waals surface area (Å²) in [5.74, 6) is -80.5. The monoisotopic (exact) mass is 1200 g/mol. The van der Waals surface area contributed by atoms with Gasteiger partial charge in [-0.2, -0.15) is 17.6 Å². The maximum Gasteiger partial charge on any atom is 0.352 e. The van der Waals surface area contributed by atoms with Crippen LogP contribution >= 0.6 is 23.8 Å². The van der Waals surface area contributed by atoms with Crippen molar-refractivity contribution in [3.05, 3.63) is 225 Å². The molecule has 420 valence electrons. The smallest absolute Gasteiger partial charge is 0.352 e. The van der Waals surface area contributed by atoms with Gasteiger partial charge < -0.3 is 18.8 Å². The van der Waals surface area contributed by atoms with E-state index in [2.05, 4.69) is 4.74 Å². The van der Waals surface area contributed by atoms with Gasteiger partial charge in [0.05, 0.1) is 33.6 Å². The fourth-order valence-electron chi connectivity index (χ4n) is 8.01. The normalized spacial score (nSPS) is 11.4. The van der Waals surface area contributed by atoms with Gasteiger partial charge in [-0.1, -0.05) is 90.6 Å². The first-order valence-corrected chi connectivity index (χ1v) is 23.7. The topological polar surface area (TPSA) is 65.0 Å². The summed E-state index contributed by atoms with van der Waals surface area (Å²) >= 11 is 0.926. The van der Waals surface area contributed by atoms with Crippen molar-refractivity contribution in [3.63, 3.8) is 0 Å². The number of rotatable bonds is 13. The number of phenolic OH excluding ortho intramolecular Hbond substituents is 1. The third kappa shape index (κ3) is 9.79. The summed E-state index contributed by atoms with van der Waals surface area (Å²) in [6.45, 7) is 0. The van der Waals surface area contributed by atoms with Crippen molar-refractivity contribution in [3.8, 4) is 73.3 Å². The van der Waals surface area contributed by atoms with Crippen LogP contribution in [0.25, 0.3) is 44.5 Å². The summed E-state index contributed by atoms with van der Waals surface area (Å²) in [5.41, 5.74) is -12.7. The van der Waals surface area contributed by atoms with Crippen LogP contribution in [0.1, 0.15) is 10.4 Å². The van der Waals surface area contributed by atoms with E-state index in [1.54, 1.807) is 66.7 Å². The fraction of sp³-hybridized carbons (Fsp3) is 0. The van der Waals surface area contributed by atoms with Gasteiger partial charge in [-0.3, -0.25) is 0 Å². The minimum absolute atomic E-state index is 0.0651. The molecule has 0 aliphatic heterocycles. The zero-order chi connectivity index (χ0) is 59.5. The van der Waals surface area contributed by atoms with E-state index in [1.165, 1.54) is 36.4 Å². The zero-order valence-corrected chi connectivity index (χ0v) is 40.9. The van der Waals surface area contributed by atoms with E-state index in [4.69, 9.17) is 8.92 Å². The molecule has 9 aromatic carbocycles. The third-order valence-corrected chi connectivity index (χ3v) is 13.5. The van der Waals surface area contributed by atoms with Crippen molar-refractivity contribution in [2.75, 3.05) is 0 Å². The molecule has 0 saturated heterocycles. The standard InChI is InChI=1S/C55H18F20O5S2/c56-30-28(31(57)35(61)38(64)34(30)60)25-27(55(77)80-82-22-17-16-21(81-20-14-8-3-9-15-20)23(18-10-4-1-5-11-18)24(22)19-12-6-2-7-13-19)26(29-32(58)36(62)39(65)37(63)33(29)59)51(78-52-46(72)42(68)40(66)43(69)47(52)73)54(50(25)76)79-53-48(74)44(70)41(67)45(71)49(53)75/h1-17,76H. The Labute approximate surface area is 452 Å². The van der Waals surface area contributed by atoms with Gasteiger partial charge >= 0.3 is 5.97 Å². The molecule has 5 nitrogen and oxygen atoms in total. The highest BCUT2D eigenvalue weighted by atomic mass is 32.2. The molecule has 0 aliphatic rings. The largest absolute Gasteiger partial charge is 0.504 e. The molecule has 27 heteroatoms. The van der Waals surface area contributed by atoms with Gasteiger partial charge in [0.1, 0.15) is 0 Å². The maximum absolute atomic E-state index is 16.6. The molecule has 9 rings (SSSR count). The van der Waals surface area contributed by atoms with Gasteiger partial charge in [0.2, 0.25) is 87.1 Å². The van der Waals surface area contributed by atoms with Gasteiger partial charge in [-0.05, 0) is 35.4 Å². The number of ether oxygens (including phenoxy) is 2. The van der Waals surface area contributed by atoms with Gasteiger partial charge in [0.25, 0.3) is 0 Å². The van der Waals surface area contributed by atoms with Crippen molar-refractivity contribution >= 4 is 29.8 Å². The van der Waals surface area contributed by atoms with E-state index in [9.17, 15) is 40.2 Å². The highest BCUT2D eigenvalue weighted by molar-refractivity contribution is 7.99. The van der Waals surface area contributed by atoms with Crippen LogP contribution in [0.3, 0.4) is 0 Å². The van der Waals surface area contributed by atoms with Crippen LogP contribution in [0.4, 0.5) is 87.8 Å². The highest BCUT2D eigenvalue weighted by Crippen LogP contribution is 2.59. The second kappa shape index (κ2) is 22.6. The lowest BCUT2D eigenvalue weighted by Gasteiger charge is -2.25. The summed E-state index contributed by atoms with van der Waals surface area (Å²) in [5, 5.41) is 12.0. The number of carbonyl (C=O) groups is 1. The first-order chi connectivity index (χ1) is 38.9. The van der Waals surface area contributed by atoms with E-state index in [0.29, 0.717) is 15.4 Å². The van der Waals surface area contributed by atoms with E-state index in [0.717, 1.165) is 11.8 Å². The number of hydrogen-bond acceptors (Lipinski definition) is 7. The SMILES string of the molecule is O=C(OSc1ccc(Sc2ccccc2)c(-c2ccccc2)c1-c1ccccc1)c1c(-c2c(F)c(F)c(F)c(F)c2F)c(O)c(Oc2c(F)c(F)c(F)c(F)c2F)c(Oc2c(F)c(F)c(F)c(F)c2F)c1-c1c(F)c(F)c(F)c(F)c1F. The average molecular weight is 1200 g/mol. The first kappa shape index (κ1) is 57.8. The predicted octanol–water partition coefficient (Wildman–Crippen LogP) is 18.4. The van der Waals surface area contributed by atoms with Gasteiger partial charge in [0.15, 0.2) is 58.0 Å². The fourth-order valence-corrected chi connectivity index (χ4v) is 9.69. The molecule has 0 unspecified atom stereocenters. The molecule has 0 fully saturated rings. The minimum Gasteiger partial charge on any atom is -0.504 e. The van der Waals surface area contributed by atoms with Crippen molar-refractivity contribution in [1.82, 2.24) is 0 Å². The van der Waals surface area contributed by atoms with E-state index >= 15 is 57.5 Å². The van der Waals surface area contributed by atoms with E-state index < -0.39 is 179 Å². The van der Waals surface area contributed by atoms with Gasteiger partial charge in [-0.15, -0.1) is 0 Å². The quantitative estimate of drug-likeness (QED) is 0.0534. The van der Waals surface area contributed by atoms with Crippen LogP contribution in [0.2, 0.25) is 0 Å². The zero-order valence-electron chi connectivity index (χ0n) is 39.3. The molecule has 0 spiro atoms. The highest BCUT2D eigenvalue weighted by Gasteiger charge is 2.43. The molecule has 0 radical (unpaired) electrons. The Morgan fingerprint density at radius 2 is 0.634 bits per heavy atom. The lowest BCUT2D eigenvalue weighted by Crippen LogP contribution is -2.15. The molecular weight excluding hydrogens is 1180 g/mol. The molecule has 0 heterocycles. The second-order valence-corrected chi connectivity index (χ2v) is 18.3. The number of benzene rings is 9. The molecule has 0 aliphatic carbocycles. The number of aromatic hydroxyl groups is 1. The molecule has 0 saturated carbocycles. The number of carbonyl (C=O) groups excluding carboxylic acids is 1. The molecule has 82 heavy (non-hydrogen) atoms. The summed E-state index contributed by atoms with van der Waals surface area (Å²) in [6, 6.07) is 26.5. The maximum atomic E-state index is 16.6. The van der Waals surface area contributed by atoms with Gasteiger partial charge in [-0.25, -0.2) is 75.0 Å². The lowest BCUT2D eigenvalue weighted by molar-refractivity contribution is 0.0768. The van der Waals surface area contributed by atoms with Crippen LogP contribution < -0.4 is 9.47 Å². The molecule has 0 bridgehead atoms. The summed E-state index contributed by atoms with van der Waals surface area (Å²) in [6.07, 6.45) is 0. The lowest BCUT2D eigenvalue weighted by atomic mass is 9.88. The van der Waals surface area contributed by atoms with Crippen LogP contribution in [0, 0.1) is 116 Å². The molecule has 1 N–H and O–H groups in total. The Bertz CT molecular complexity index is 4000. The van der Waals surface area contributed by atoms with Crippen LogP contribution in [0.15, 0.2) is 118 Å². The molecular formula is C55H18F20O5S2. The summed E-state index contributed by atoms with van der Waals surface area (Å²) in [7, 11) is 0. The number of phenols is 1. The van der Waals surface area contributed by atoms with Crippen molar-refractivity contribution < 1.29 is 111 Å². The molecule has 0 aromatic heterocycles. The molecule has 0 atom stereocenters. The minimum atomic E-state index is -3.29. The Morgan fingerprint density at radius 1 is 0.317 bits per heavy atom. The van der Waals surface area contributed by atoms with E-state index in [1.807, 2.05) is 0 Å². The molecule has 0 amide bonds. The Morgan fingerprint density at radius 3 is 1.04 bits per heavy atom. The van der Waals surface area contributed by atoms with Crippen molar-refractivity contribution in [1.29, 1.82) is 0 Å². The van der Waals surface area contributed by atoms with E-state index in [-0.39, 0.29) is 33.6 Å². The Hall–Kier alpha value is -8.85. The van der Waals surface area contributed by atoms with Crippen molar-refractivity contribution in [2.24, 2.45) is 0 Å². The van der Waals surface area contributed by atoms with Crippen LogP contribution in [-0.2, 0) is 4.18 Å². The number of halogens is 20. The summed E-state index contributed by atoms with van der Waals surface area (Å²) < 4.78 is 322. The average Bonchev–Trinajstić information content (AvgIpc) is 3.43. The predicted molar refractivity (Wildman–Crippen MR) is 250 cm³/mol. The summed E-state index contributed by atoms with van der Waals surface area (Å²) in [4.78, 5) is 15.9. The third-order valence-electron chi connectivity index (χ3n) is 11.7. The van der Waals surface area contributed by atoms with Gasteiger partial charge in [0, 0.05) is 32.0 Å². The number of hydrogen-bond donors (Lipinski definition) is 1. The van der Waals surface area contributed by atoms with Crippen molar-refractivity contribution in [2.45, 2.75) is 14.7 Å². The Balaban J connectivity index is 1.45. The van der Waals surface area contributed by atoms with Crippen LogP contribution in [-0.4, -0.2) is 11.1 Å².